The van der Waals surface area contributed by atoms with Crippen LogP contribution in [0.1, 0.15) is 45.1 Å². The summed E-state index contributed by atoms with van der Waals surface area (Å²) in [5, 5.41) is 0. The lowest BCUT2D eigenvalue weighted by molar-refractivity contribution is -0.137. The summed E-state index contributed by atoms with van der Waals surface area (Å²) in [7, 11) is 0. The summed E-state index contributed by atoms with van der Waals surface area (Å²) in [6.45, 7) is 9.41. The second kappa shape index (κ2) is 11.9. The molecule has 2 saturated heterocycles. The van der Waals surface area contributed by atoms with Gasteiger partial charge in [0.15, 0.2) is 0 Å². The van der Waals surface area contributed by atoms with Gasteiger partial charge in [-0.05, 0) is 75.8 Å². The average molecular weight is 539 g/mol. The Kier molecular flexibility index (Phi) is 8.35. The van der Waals surface area contributed by atoms with Crippen LogP contribution in [0.2, 0.25) is 0 Å². The molecule has 2 aliphatic heterocycles. The smallest absolute Gasteiger partial charge is 0.370 e. The van der Waals surface area contributed by atoms with Crippen LogP contribution in [0.4, 0.5) is 24.8 Å². The van der Waals surface area contributed by atoms with Gasteiger partial charge in [-0.2, -0.15) is 13.2 Å². The molecule has 6 nitrogen and oxygen atoms in total. The number of pyridine rings is 1. The summed E-state index contributed by atoms with van der Waals surface area (Å²) in [4.78, 5) is 21.1. The van der Waals surface area contributed by atoms with Crippen LogP contribution in [0.25, 0.3) is 11.3 Å². The molecule has 39 heavy (non-hydrogen) atoms. The van der Waals surface area contributed by atoms with Gasteiger partial charge >= 0.3 is 6.18 Å². The van der Waals surface area contributed by atoms with Crippen molar-refractivity contribution in [3.8, 4) is 11.3 Å². The van der Waals surface area contributed by atoms with Gasteiger partial charge in [-0.3, -0.25) is 4.98 Å². The van der Waals surface area contributed by atoms with Crippen LogP contribution in [-0.2, 0) is 6.18 Å². The second-order valence-corrected chi connectivity index (χ2v) is 11.0. The molecule has 0 spiro atoms. The highest BCUT2D eigenvalue weighted by Crippen LogP contribution is 2.32. The van der Waals surface area contributed by atoms with Gasteiger partial charge in [-0.25, -0.2) is 9.97 Å². The highest BCUT2D eigenvalue weighted by Gasteiger charge is 2.32. The number of aromatic nitrogens is 3. The van der Waals surface area contributed by atoms with E-state index in [0.29, 0.717) is 35.2 Å². The fourth-order valence-corrected chi connectivity index (χ4v) is 5.78. The van der Waals surface area contributed by atoms with E-state index in [0.717, 1.165) is 70.5 Å². The number of piperidine rings is 2. The summed E-state index contributed by atoms with van der Waals surface area (Å²) < 4.78 is 39.2. The van der Waals surface area contributed by atoms with Crippen molar-refractivity contribution in [2.75, 3.05) is 42.5 Å². The van der Waals surface area contributed by atoms with E-state index < -0.39 is 11.7 Å². The maximum atomic E-state index is 13.1. The predicted molar refractivity (Wildman–Crippen MR) is 149 cm³/mol. The Bertz CT molecular complexity index is 1190. The van der Waals surface area contributed by atoms with E-state index in [2.05, 4.69) is 44.6 Å². The lowest BCUT2D eigenvalue weighted by Gasteiger charge is -2.42. The average Bonchev–Trinajstić information content (AvgIpc) is 2.96. The zero-order valence-corrected chi connectivity index (χ0v) is 22.7. The van der Waals surface area contributed by atoms with E-state index in [1.165, 1.54) is 17.8 Å². The standard InChI is InChI=1S/C30H37F3N6/c1-22(2)37-18-12-26(13-19-37)39(21-23-10-16-38(17-11-23)27-4-3-14-34-20-27)29-35-15-9-28(36-29)24-5-7-25(8-6-24)30(31,32)33/h3-9,14-15,20,22-23,26H,10-13,16-19,21H2,1-2H3. The minimum Gasteiger partial charge on any atom is -0.370 e. The van der Waals surface area contributed by atoms with Gasteiger partial charge in [0.2, 0.25) is 5.95 Å². The monoisotopic (exact) mass is 538 g/mol. The Morgan fingerprint density at radius 3 is 2.26 bits per heavy atom. The van der Waals surface area contributed by atoms with Crippen molar-refractivity contribution >= 4 is 11.6 Å². The number of rotatable bonds is 7. The molecule has 0 atom stereocenters. The maximum Gasteiger partial charge on any atom is 0.416 e. The number of halogens is 3. The predicted octanol–water partition coefficient (Wildman–Crippen LogP) is 6.15. The molecule has 0 N–H and O–H groups in total. The van der Waals surface area contributed by atoms with Gasteiger partial charge in [-0.1, -0.05) is 12.1 Å². The first-order valence-electron chi connectivity index (χ1n) is 13.9. The second-order valence-electron chi connectivity index (χ2n) is 11.0. The number of nitrogens with zero attached hydrogens (tertiary/aromatic N) is 6. The third kappa shape index (κ3) is 6.69. The lowest BCUT2D eigenvalue weighted by Crippen LogP contribution is -2.49. The van der Waals surface area contributed by atoms with Gasteiger partial charge in [0.1, 0.15) is 0 Å². The minimum atomic E-state index is -4.36. The van der Waals surface area contributed by atoms with E-state index in [1.54, 1.807) is 18.5 Å². The molecule has 1 aromatic carbocycles. The van der Waals surface area contributed by atoms with Crippen molar-refractivity contribution in [1.82, 2.24) is 19.9 Å². The molecule has 208 valence electrons. The van der Waals surface area contributed by atoms with Crippen molar-refractivity contribution in [3.63, 3.8) is 0 Å². The zero-order chi connectivity index (χ0) is 27.4. The fraction of sp³-hybridized carbons (Fsp3) is 0.500. The number of hydrogen-bond acceptors (Lipinski definition) is 6. The molecule has 4 heterocycles. The van der Waals surface area contributed by atoms with Crippen LogP contribution in [0, 0.1) is 5.92 Å². The van der Waals surface area contributed by atoms with Crippen LogP contribution < -0.4 is 9.80 Å². The molecule has 0 radical (unpaired) electrons. The van der Waals surface area contributed by atoms with E-state index in [9.17, 15) is 13.2 Å². The number of alkyl halides is 3. The normalized spacial score (nSPS) is 18.1. The van der Waals surface area contributed by atoms with Crippen molar-refractivity contribution in [2.24, 2.45) is 5.92 Å². The molecule has 5 rings (SSSR count). The number of hydrogen-bond donors (Lipinski definition) is 0. The molecule has 2 fully saturated rings. The Hall–Kier alpha value is -3.20. The molecule has 0 aliphatic carbocycles. The van der Waals surface area contributed by atoms with Crippen molar-refractivity contribution in [2.45, 2.75) is 57.8 Å². The van der Waals surface area contributed by atoms with Crippen LogP contribution >= 0.6 is 0 Å². The summed E-state index contributed by atoms with van der Waals surface area (Å²) in [5.41, 5.74) is 1.81. The maximum absolute atomic E-state index is 13.1. The summed E-state index contributed by atoms with van der Waals surface area (Å²) in [6, 6.07) is 12.0. The molecule has 9 heteroatoms. The quantitative estimate of drug-likeness (QED) is 0.360. The molecule has 2 aliphatic rings. The molecular weight excluding hydrogens is 501 g/mol. The van der Waals surface area contributed by atoms with Crippen molar-refractivity contribution in [1.29, 1.82) is 0 Å². The molecule has 2 aromatic heterocycles. The van der Waals surface area contributed by atoms with Gasteiger partial charge in [0.25, 0.3) is 0 Å². The third-order valence-electron chi connectivity index (χ3n) is 8.16. The highest BCUT2D eigenvalue weighted by atomic mass is 19.4. The SMILES string of the molecule is CC(C)N1CCC(N(CC2CCN(c3cccnc3)CC2)c2nccc(-c3ccc(C(F)(F)F)cc3)n2)CC1. The summed E-state index contributed by atoms with van der Waals surface area (Å²) >= 11 is 0. The van der Waals surface area contributed by atoms with Crippen molar-refractivity contribution < 1.29 is 13.2 Å². The first-order chi connectivity index (χ1) is 18.8. The van der Waals surface area contributed by atoms with Gasteiger partial charge in [0.05, 0.1) is 23.1 Å². The minimum absolute atomic E-state index is 0.333. The first kappa shape index (κ1) is 27.4. The molecule has 0 amide bonds. The van der Waals surface area contributed by atoms with E-state index in [1.807, 2.05) is 12.3 Å². The topological polar surface area (TPSA) is 48.4 Å². The van der Waals surface area contributed by atoms with Crippen LogP contribution in [-0.4, -0.2) is 64.7 Å². The highest BCUT2D eigenvalue weighted by molar-refractivity contribution is 5.60. The van der Waals surface area contributed by atoms with E-state index in [-0.39, 0.29) is 0 Å². The largest absolute Gasteiger partial charge is 0.416 e. The molecule has 0 unspecified atom stereocenters. The van der Waals surface area contributed by atoms with E-state index in [4.69, 9.17) is 4.98 Å². The van der Waals surface area contributed by atoms with Crippen molar-refractivity contribution in [3.05, 3.63) is 66.6 Å². The third-order valence-corrected chi connectivity index (χ3v) is 8.16. The Morgan fingerprint density at radius 2 is 1.64 bits per heavy atom. The number of anilines is 2. The molecular formula is C30H37F3N6. The number of likely N-dealkylation sites (tertiary alicyclic amines) is 1. The lowest BCUT2D eigenvalue weighted by atomic mass is 9.94. The molecule has 0 saturated carbocycles. The fourth-order valence-electron chi connectivity index (χ4n) is 5.78. The number of benzene rings is 1. The summed E-state index contributed by atoms with van der Waals surface area (Å²) in [6.07, 6.45) is 5.35. The van der Waals surface area contributed by atoms with Crippen LogP contribution in [0.3, 0.4) is 0 Å². The van der Waals surface area contributed by atoms with E-state index >= 15 is 0 Å². The zero-order valence-electron chi connectivity index (χ0n) is 22.7. The van der Waals surface area contributed by atoms with Gasteiger partial charge < -0.3 is 14.7 Å². The molecule has 0 bridgehead atoms. The molecule has 3 aromatic rings. The Balaban J connectivity index is 1.34. The van der Waals surface area contributed by atoms with Gasteiger partial charge in [0, 0.05) is 62.8 Å². The Morgan fingerprint density at radius 1 is 0.923 bits per heavy atom. The summed E-state index contributed by atoms with van der Waals surface area (Å²) in [5.74, 6) is 1.18. The first-order valence-corrected chi connectivity index (χ1v) is 13.9. The van der Waals surface area contributed by atoms with Crippen LogP contribution in [0.5, 0.6) is 0 Å². The van der Waals surface area contributed by atoms with Crippen LogP contribution in [0.15, 0.2) is 61.1 Å². The Labute approximate surface area is 228 Å². The van der Waals surface area contributed by atoms with Gasteiger partial charge in [-0.15, -0.1) is 0 Å².